The summed E-state index contributed by atoms with van der Waals surface area (Å²) < 4.78 is 1.41. The standard InChI is InChI=1S/C14H3Cl5N2O/c15-4-1-2-5-6(3-4)21-13(20-5)7-8(14(21)22)10(17)12(19)11(18)9(7)16/h1-3H. The third-order valence-electron chi connectivity index (χ3n) is 3.52. The first-order valence-corrected chi connectivity index (χ1v) is 7.89. The lowest BCUT2D eigenvalue weighted by Crippen LogP contribution is -2.06. The van der Waals surface area contributed by atoms with Gasteiger partial charge < -0.3 is 0 Å². The highest BCUT2D eigenvalue weighted by atomic mass is 35.5. The van der Waals surface area contributed by atoms with E-state index >= 15 is 0 Å². The van der Waals surface area contributed by atoms with Gasteiger partial charge >= 0.3 is 0 Å². The summed E-state index contributed by atoms with van der Waals surface area (Å²) in [5, 5.41) is 0.857. The Morgan fingerprint density at radius 3 is 2.18 bits per heavy atom. The van der Waals surface area contributed by atoms with Crippen molar-refractivity contribution in [2.75, 3.05) is 0 Å². The lowest BCUT2D eigenvalue weighted by molar-refractivity contribution is 0.0973. The number of aromatic nitrogens is 2. The number of hydrogen-bond donors (Lipinski definition) is 0. The van der Waals surface area contributed by atoms with E-state index in [1.165, 1.54) is 4.57 Å². The van der Waals surface area contributed by atoms with Gasteiger partial charge in [-0.15, -0.1) is 0 Å². The van der Waals surface area contributed by atoms with Crippen molar-refractivity contribution in [3.63, 3.8) is 0 Å². The van der Waals surface area contributed by atoms with Crippen LogP contribution in [0.5, 0.6) is 0 Å². The van der Waals surface area contributed by atoms with Crippen LogP contribution in [0.25, 0.3) is 22.4 Å². The molecule has 1 aliphatic heterocycles. The molecule has 22 heavy (non-hydrogen) atoms. The molecular weight excluding hydrogens is 389 g/mol. The van der Waals surface area contributed by atoms with Gasteiger partial charge in [0.2, 0.25) is 0 Å². The van der Waals surface area contributed by atoms with Crippen LogP contribution in [-0.2, 0) is 0 Å². The van der Waals surface area contributed by atoms with Crippen molar-refractivity contribution < 1.29 is 4.79 Å². The van der Waals surface area contributed by atoms with E-state index in [9.17, 15) is 4.79 Å². The lowest BCUT2D eigenvalue weighted by Gasteiger charge is -2.08. The number of hydrogen-bond acceptors (Lipinski definition) is 2. The molecule has 2 aromatic carbocycles. The highest BCUT2D eigenvalue weighted by Crippen LogP contribution is 2.49. The zero-order valence-electron chi connectivity index (χ0n) is 10.4. The highest BCUT2D eigenvalue weighted by molar-refractivity contribution is 6.54. The van der Waals surface area contributed by atoms with Crippen LogP contribution in [0.1, 0.15) is 10.4 Å². The van der Waals surface area contributed by atoms with Crippen LogP contribution in [0.4, 0.5) is 0 Å². The number of fused-ring (bicyclic) bond motifs is 5. The smallest absolute Gasteiger partial charge is 0.266 e. The van der Waals surface area contributed by atoms with Gasteiger partial charge in [0.15, 0.2) is 5.82 Å². The first-order valence-electron chi connectivity index (χ1n) is 6.01. The molecule has 0 saturated heterocycles. The molecule has 3 aromatic rings. The molecule has 0 amide bonds. The zero-order chi connectivity index (χ0) is 15.8. The van der Waals surface area contributed by atoms with E-state index in [2.05, 4.69) is 4.98 Å². The molecule has 3 nitrogen and oxygen atoms in total. The molecule has 0 unspecified atom stereocenters. The Labute approximate surface area is 149 Å². The molecule has 8 heteroatoms. The predicted molar refractivity (Wildman–Crippen MR) is 89.9 cm³/mol. The minimum absolute atomic E-state index is 0.0496. The molecule has 0 radical (unpaired) electrons. The summed E-state index contributed by atoms with van der Waals surface area (Å²) in [4.78, 5) is 17.2. The monoisotopic (exact) mass is 390 g/mol. The molecule has 1 aliphatic rings. The first kappa shape index (κ1) is 14.6. The van der Waals surface area contributed by atoms with Gasteiger partial charge in [0.05, 0.1) is 42.3 Å². The van der Waals surface area contributed by atoms with Crippen molar-refractivity contribution in [1.82, 2.24) is 9.55 Å². The molecule has 4 rings (SSSR count). The van der Waals surface area contributed by atoms with Crippen LogP contribution in [0.3, 0.4) is 0 Å². The van der Waals surface area contributed by atoms with Crippen molar-refractivity contribution in [2.24, 2.45) is 0 Å². The summed E-state index contributed by atoms with van der Waals surface area (Å²) in [7, 11) is 0. The summed E-state index contributed by atoms with van der Waals surface area (Å²) in [5.74, 6) is 0.0166. The third-order valence-corrected chi connectivity index (χ3v) is 5.56. The Bertz CT molecular complexity index is 1010. The molecule has 0 aliphatic carbocycles. The molecule has 0 atom stereocenters. The third kappa shape index (κ3) is 1.72. The Balaban J connectivity index is 2.19. The minimum atomic E-state index is -0.361. The van der Waals surface area contributed by atoms with Gasteiger partial charge in [-0.3, -0.25) is 9.36 Å². The molecule has 0 N–H and O–H groups in total. The first-order chi connectivity index (χ1) is 10.4. The molecule has 110 valence electrons. The normalized spacial score (nSPS) is 12.9. The fraction of sp³-hybridized carbons (Fsp3) is 0. The summed E-state index contributed by atoms with van der Waals surface area (Å²) in [5.41, 5.74) is 1.78. The van der Waals surface area contributed by atoms with E-state index in [4.69, 9.17) is 58.0 Å². The van der Waals surface area contributed by atoms with Gasteiger partial charge in [-0.2, -0.15) is 0 Å². The van der Waals surface area contributed by atoms with Gasteiger partial charge in [-0.05, 0) is 18.2 Å². The van der Waals surface area contributed by atoms with Crippen LogP contribution >= 0.6 is 58.0 Å². The van der Waals surface area contributed by atoms with E-state index in [0.717, 1.165) is 0 Å². The summed E-state index contributed by atoms with van der Waals surface area (Å²) in [6.07, 6.45) is 0. The Kier molecular flexibility index (Phi) is 3.16. The molecule has 0 fully saturated rings. The fourth-order valence-corrected chi connectivity index (χ4v) is 3.76. The summed E-state index contributed by atoms with van der Waals surface area (Å²) >= 11 is 30.6. The molecule has 0 saturated carbocycles. The van der Waals surface area contributed by atoms with Crippen molar-refractivity contribution in [3.8, 4) is 11.4 Å². The molecule has 0 bridgehead atoms. The van der Waals surface area contributed by atoms with Gasteiger partial charge in [0, 0.05) is 5.02 Å². The number of benzene rings is 2. The van der Waals surface area contributed by atoms with Gasteiger partial charge in [-0.1, -0.05) is 58.0 Å². The lowest BCUT2D eigenvalue weighted by atomic mass is 10.1. The summed E-state index contributed by atoms with van der Waals surface area (Å²) in [6.45, 7) is 0. The fourth-order valence-electron chi connectivity index (χ4n) is 2.58. The van der Waals surface area contributed by atoms with Crippen LogP contribution in [0.2, 0.25) is 25.1 Å². The van der Waals surface area contributed by atoms with Crippen LogP contribution in [-0.4, -0.2) is 15.5 Å². The van der Waals surface area contributed by atoms with Crippen molar-refractivity contribution in [3.05, 3.63) is 48.9 Å². The van der Waals surface area contributed by atoms with Crippen molar-refractivity contribution in [2.45, 2.75) is 0 Å². The maximum absolute atomic E-state index is 12.7. The van der Waals surface area contributed by atoms with E-state index in [-0.39, 0.29) is 31.6 Å². The van der Waals surface area contributed by atoms with Crippen molar-refractivity contribution in [1.29, 1.82) is 0 Å². The van der Waals surface area contributed by atoms with E-state index in [0.29, 0.717) is 27.4 Å². The van der Waals surface area contributed by atoms with E-state index in [1.54, 1.807) is 18.2 Å². The van der Waals surface area contributed by atoms with E-state index in [1.807, 2.05) is 0 Å². The Morgan fingerprint density at radius 1 is 0.864 bits per heavy atom. The maximum Gasteiger partial charge on any atom is 0.266 e. The van der Waals surface area contributed by atoms with Gasteiger partial charge in [0.1, 0.15) is 0 Å². The second kappa shape index (κ2) is 4.76. The van der Waals surface area contributed by atoms with Crippen LogP contribution in [0.15, 0.2) is 18.2 Å². The van der Waals surface area contributed by atoms with Crippen molar-refractivity contribution >= 4 is 74.9 Å². The van der Waals surface area contributed by atoms with Gasteiger partial charge in [-0.25, -0.2) is 4.98 Å². The summed E-state index contributed by atoms with van der Waals surface area (Å²) in [6, 6.07) is 5.08. The van der Waals surface area contributed by atoms with E-state index < -0.39 is 0 Å². The number of imidazole rings is 1. The highest BCUT2D eigenvalue weighted by Gasteiger charge is 2.36. The SMILES string of the molecule is O=C1c2c(Cl)c(Cl)c(Cl)c(Cl)c2-c2nc3ccc(Cl)cc3n21. The molecule has 0 spiro atoms. The second-order valence-corrected chi connectivity index (χ2v) is 6.66. The number of carbonyl (C=O) groups excluding carboxylic acids is 1. The maximum atomic E-state index is 12.7. The predicted octanol–water partition coefficient (Wildman–Crippen LogP) is 5.97. The topological polar surface area (TPSA) is 34.9 Å². The van der Waals surface area contributed by atoms with Gasteiger partial charge in [0.25, 0.3) is 5.91 Å². The largest absolute Gasteiger partial charge is 0.268 e. The number of carbonyl (C=O) groups is 1. The Hall–Kier alpha value is -0.970. The molecule has 2 heterocycles. The molecule has 1 aromatic heterocycles. The minimum Gasteiger partial charge on any atom is -0.268 e. The number of nitrogens with zero attached hydrogens (tertiary/aromatic N) is 2. The average molecular weight is 392 g/mol. The number of halogens is 5. The van der Waals surface area contributed by atoms with Crippen LogP contribution in [0, 0.1) is 0 Å². The Morgan fingerprint density at radius 2 is 1.50 bits per heavy atom. The zero-order valence-corrected chi connectivity index (χ0v) is 14.2. The average Bonchev–Trinajstić information content (AvgIpc) is 2.98. The van der Waals surface area contributed by atoms with Crippen LogP contribution < -0.4 is 0 Å². The second-order valence-electron chi connectivity index (χ2n) is 4.71. The quantitative estimate of drug-likeness (QED) is 0.273. The molecular formula is C14H3Cl5N2O. The number of rotatable bonds is 0.